The standard InChI is InChI=1S/C17H20ClNO2/c18-16-8-3-1-7-15(16)13-20-10-5-11-21-17-9-4-2-6-14(17)12-19/h1-4,6-9H,5,10-13,19H2. The largest absolute Gasteiger partial charge is 0.493 e. The lowest BCUT2D eigenvalue weighted by Crippen LogP contribution is -2.06. The van der Waals surface area contributed by atoms with Crippen LogP contribution in [0.3, 0.4) is 0 Å². The van der Waals surface area contributed by atoms with Gasteiger partial charge < -0.3 is 15.2 Å². The molecule has 0 aliphatic rings. The molecule has 2 rings (SSSR count). The Morgan fingerprint density at radius 3 is 2.38 bits per heavy atom. The topological polar surface area (TPSA) is 44.5 Å². The van der Waals surface area contributed by atoms with Crippen LogP contribution in [0.25, 0.3) is 0 Å². The summed E-state index contributed by atoms with van der Waals surface area (Å²) in [4.78, 5) is 0. The number of halogens is 1. The molecule has 0 heterocycles. The summed E-state index contributed by atoms with van der Waals surface area (Å²) in [6, 6.07) is 15.5. The van der Waals surface area contributed by atoms with Crippen molar-refractivity contribution in [3.05, 3.63) is 64.7 Å². The van der Waals surface area contributed by atoms with Gasteiger partial charge in [0.05, 0.1) is 19.8 Å². The maximum atomic E-state index is 6.06. The molecule has 2 aromatic rings. The van der Waals surface area contributed by atoms with Gasteiger partial charge in [-0.25, -0.2) is 0 Å². The minimum atomic E-state index is 0.485. The number of rotatable bonds is 8. The van der Waals surface area contributed by atoms with E-state index in [1.807, 2.05) is 48.5 Å². The summed E-state index contributed by atoms with van der Waals surface area (Å²) in [7, 11) is 0. The Hall–Kier alpha value is -1.55. The van der Waals surface area contributed by atoms with Crippen molar-refractivity contribution in [2.24, 2.45) is 5.73 Å². The molecule has 3 nitrogen and oxygen atoms in total. The van der Waals surface area contributed by atoms with E-state index in [9.17, 15) is 0 Å². The average Bonchev–Trinajstić information content (AvgIpc) is 2.52. The van der Waals surface area contributed by atoms with Crippen molar-refractivity contribution in [2.45, 2.75) is 19.6 Å². The second kappa shape index (κ2) is 8.67. The highest BCUT2D eigenvalue weighted by atomic mass is 35.5. The molecule has 0 bridgehead atoms. The van der Waals surface area contributed by atoms with E-state index in [2.05, 4.69) is 0 Å². The van der Waals surface area contributed by atoms with Gasteiger partial charge in [-0.15, -0.1) is 0 Å². The molecule has 2 N–H and O–H groups in total. The summed E-state index contributed by atoms with van der Waals surface area (Å²) in [5.41, 5.74) is 7.69. The normalized spacial score (nSPS) is 10.6. The van der Waals surface area contributed by atoms with Crippen molar-refractivity contribution in [1.29, 1.82) is 0 Å². The number of hydrogen-bond acceptors (Lipinski definition) is 3. The van der Waals surface area contributed by atoms with Gasteiger partial charge in [0.15, 0.2) is 0 Å². The summed E-state index contributed by atoms with van der Waals surface area (Å²) < 4.78 is 11.3. The molecule has 4 heteroatoms. The van der Waals surface area contributed by atoms with Gasteiger partial charge in [0, 0.05) is 23.6 Å². The highest BCUT2D eigenvalue weighted by molar-refractivity contribution is 6.31. The minimum absolute atomic E-state index is 0.485. The Morgan fingerprint density at radius 1 is 0.905 bits per heavy atom. The number of hydrogen-bond donors (Lipinski definition) is 1. The first kappa shape index (κ1) is 15.8. The van der Waals surface area contributed by atoms with E-state index >= 15 is 0 Å². The molecule has 0 amide bonds. The second-order valence-electron chi connectivity index (χ2n) is 4.66. The Morgan fingerprint density at radius 2 is 1.62 bits per heavy atom. The van der Waals surface area contributed by atoms with Gasteiger partial charge in [0.1, 0.15) is 5.75 Å². The van der Waals surface area contributed by atoms with Crippen LogP contribution in [0.4, 0.5) is 0 Å². The molecule has 0 saturated carbocycles. The van der Waals surface area contributed by atoms with Crippen LogP contribution in [0.5, 0.6) is 5.75 Å². The molecule has 0 aliphatic carbocycles. The fourth-order valence-corrected chi connectivity index (χ4v) is 2.14. The van der Waals surface area contributed by atoms with Crippen molar-refractivity contribution in [1.82, 2.24) is 0 Å². The van der Waals surface area contributed by atoms with Crippen LogP contribution >= 0.6 is 11.6 Å². The minimum Gasteiger partial charge on any atom is -0.493 e. The zero-order valence-corrected chi connectivity index (χ0v) is 12.7. The Labute approximate surface area is 130 Å². The van der Waals surface area contributed by atoms with Crippen LogP contribution in [0, 0.1) is 0 Å². The summed E-state index contributed by atoms with van der Waals surface area (Å²) >= 11 is 6.06. The van der Waals surface area contributed by atoms with Crippen molar-refractivity contribution in [3.8, 4) is 5.75 Å². The van der Waals surface area contributed by atoms with Gasteiger partial charge in [-0.05, 0) is 17.7 Å². The van der Waals surface area contributed by atoms with Crippen LogP contribution in [-0.2, 0) is 17.9 Å². The second-order valence-corrected chi connectivity index (χ2v) is 5.07. The first-order valence-corrected chi connectivity index (χ1v) is 7.41. The molecule has 112 valence electrons. The van der Waals surface area contributed by atoms with Crippen LogP contribution < -0.4 is 10.5 Å². The first-order valence-electron chi connectivity index (χ1n) is 7.03. The molecule has 21 heavy (non-hydrogen) atoms. The molecular formula is C17H20ClNO2. The number of para-hydroxylation sites is 1. The zero-order chi connectivity index (χ0) is 14.9. The summed E-state index contributed by atoms with van der Waals surface area (Å²) in [6.45, 7) is 2.26. The van der Waals surface area contributed by atoms with Crippen molar-refractivity contribution < 1.29 is 9.47 Å². The summed E-state index contributed by atoms with van der Waals surface area (Å²) in [5.74, 6) is 0.853. The predicted octanol–water partition coefficient (Wildman–Crippen LogP) is 3.78. The third-order valence-corrected chi connectivity index (χ3v) is 3.47. The third kappa shape index (κ3) is 5.05. The smallest absolute Gasteiger partial charge is 0.123 e. The van der Waals surface area contributed by atoms with E-state index in [1.165, 1.54) is 0 Å². The number of nitrogens with two attached hydrogens (primary N) is 1. The molecule has 2 aromatic carbocycles. The van der Waals surface area contributed by atoms with E-state index < -0.39 is 0 Å². The van der Waals surface area contributed by atoms with E-state index in [-0.39, 0.29) is 0 Å². The molecule has 0 spiro atoms. The van der Waals surface area contributed by atoms with Gasteiger partial charge >= 0.3 is 0 Å². The molecular weight excluding hydrogens is 286 g/mol. The predicted molar refractivity (Wildman–Crippen MR) is 85.6 cm³/mol. The average molecular weight is 306 g/mol. The van der Waals surface area contributed by atoms with Gasteiger partial charge in [-0.2, -0.15) is 0 Å². The zero-order valence-electron chi connectivity index (χ0n) is 11.9. The summed E-state index contributed by atoms with van der Waals surface area (Å²) in [5, 5.41) is 0.741. The Balaban J connectivity index is 1.65. The maximum Gasteiger partial charge on any atom is 0.123 e. The number of benzene rings is 2. The first-order chi connectivity index (χ1) is 10.3. The Kier molecular flexibility index (Phi) is 6.54. The lowest BCUT2D eigenvalue weighted by atomic mass is 10.2. The van der Waals surface area contributed by atoms with Crippen LogP contribution in [0.15, 0.2) is 48.5 Å². The molecule has 0 aliphatic heterocycles. The highest BCUT2D eigenvalue weighted by Crippen LogP contribution is 2.17. The lowest BCUT2D eigenvalue weighted by Gasteiger charge is -2.10. The van der Waals surface area contributed by atoms with Gasteiger partial charge in [0.2, 0.25) is 0 Å². The van der Waals surface area contributed by atoms with Gasteiger partial charge in [-0.1, -0.05) is 48.0 Å². The monoisotopic (exact) mass is 305 g/mol. The maximum absolute atomic E-state index is 6.06. The quantitative estimate of drug-likeness (QED) is 0.755. The van der Waals surface area contributed by atoms with Gasteiger partial charge in [-0.3, -0.25) is 0 Å². The van der Waals surface area contributed by atoms with Gasteiger partial charge in [0.25, 0.3) is 0 Å². The third-order valence-electron chi connectivity index (χ3n) is 3.10. The van der Waals surface area contributed by atoms with Crippen molar-refractivity contribution >= 4 is 11.6 Å². The van der Waals surface area contributed by atoms with Crippen molar-refractivity contribution in [3.63, 3.8) is 0 Å². The molecule has 0 unspecified atom stereocenters. The van der Waals surface area contributed by atoms with Crippen LogP contribution in [0.1, 0.15) is 17.5 Å². The Bertz CT molecular complexity index is 560. The van der Waals surface area contributed by atoms with E-state index in [0.717, 1.165) is 28.3 Å². The fraction of sp³-hybridized carbons (Fsp3) is 0.294. The van der Waals surface area contributed by atoms with Crippen LogP contribution in [-0.4, -0.2) is 13.2 Å². The van der Waals surface area contributed by atoms with E-state index in [0.29, 0.717) is 26.4 Å². The molecule has 0 atom stereocenters. The fourth-order valence-electron chi connectivity index (χ4n) is 1.95. The van der Waals surface area contributed by atoms with Crippen LogP contribution in [0.2, 0.25) is 5.02 Å². The van der Waals surface area contributed by atoms with Crippen molar-refractivity contribution in [2.75, 3.05) is 13.2 Å². The van der Waals surface area contributed by atoms with E-state index in [4.69, 9.17) is 26.8 Å². The molecule has 0 aromatic heterocycles. The SMILES string of the molecule is NCc1ccccc1OCCCOCc1ccccc1Cl. The molecule has 0 radical (unpaired) electrons. The van der Waals surface area contributed by atoms with E-state index in [1.54, 1.807) is 0 Å². The molecule has 0 saturated heterocycles. The summed E-state index contributed by atoms with van der Waals surface area (Å²) in [6.07, 6.45) is 0.823. The lowest BCUT2D eigenvalue weighted by molar-refractivity contribution is 0.107. The highest BCUT2D eigenvalue weighted by Gasteiger charge is 2.01. The number of ether oxygens (including phenoxy) is 2. The molecule has 0 fully saturated rings.